The van der Waals surface area contributed by atoms with Crippen LogP contribution in [0.4, 0.5) is 0 Å². The third-order valence-electron chi connectivity index (χ3n) is 3.67. The number of nitrogens with one attached hydrogen (secondary N) is 1. The Morgan fingerprint density at radius 3 is 2.43 bits per heavy atom. The summed E-state index contributed by atoms with van der Waals surface area (Å²) in [5.41, 5.74) is 2.54. The molecule has 0 heterocycles. The van der Waals surface area contributed by atoms with E-state index in [-0.39, 0.29) is 0 Å². The summed E-state index contributed by atoms with van der Waals surface area (Å²) in [4.78, 5) is 0. The smallest absolute Gasteiger partial charge is 0.122 e. The SMILES string of the molecule is Cc1ccccc1OCCCCNC(C)c1ccccc1. The summed E-state index contributed by atoms with van der Waals surface area (Å²) in [5.74, 6) is 1.00. The lowest BCUT2D eigenvalue weighted by Crippen LogP contribution is -2.20. The maximum Gasteiger partial charge on any atom is 0.122 e. The Hall–Kier alpha value is -1.80. The summed E-state index contributed by atoms with van der Waals surface area (Å²) in [6.45, 7) is 6.09. The van der Waals surface area contributed by atoms with E-state index in [1.165, 1.54) is 11.1 Å². The Morgan fingerprint density at radius 1 is 0.952 bits per heavy atom. The molecule has 1 unspecified atom stereocenters. The lowest BCUT2D eigenvalue weighted by Gasteiger charge is -2.14. The molecule has 2 rings (SSSR count). The van der Waals surface area contributed by atoms with Crippen molar-refractivity contribution < 1.29 is 4.74 Å². The molecular formula is C19H25NO. The van der Waals surface area contributed by atoms with E-state index in [1.807, 2.05) is 18.2 Å². The van der Waals surface area contributed by atoms with Gasteiger partial charge in [-0.15, -0.1) is 0 Å². The van der Waals surface area contributed by atoms with Crippen LogP contribution in [0.2, 0.25) is 0 Å². The molecule has 0 aliphatic rings. The highest BCUT2D eigenvalue weighted by Gasteiger charge is 2.03. The van der Waals surface area contributed by atoms with Crippen LogP contribution in [0.25, 0.3) is 0 Å². The van der Waals surface area contributed by atoms with E-state index in [4.69, 9.17) is 4.74 Å². The molecule has 112 valence electrons. The number of hydrogen-bond acceptors (Lipinski definition) is 2. The summed E-state index contributed by atoms with van der Waals surface area (Å²) < 4.78 is 5.80. The minimum Gasteiger partial charge on any atom is -0.493 e. The normalized spacial score (nSPS) is 12.1. The summed E-state index contributed by atoms with van der Waals surface area (Å²) in [6, 6.07) is 19.1. The molecule has 2 aromatic rings. The van der Waals surface area contributed by atoms with Crippen LogP contribution in [0, 0.1) is 6.92 Å². The molecule has 0 fully saturated rings. The van der Waals surface area contributed by atoms with E-state index in [1.54, 1.807) is 0 Å². The topological polar surface area (TPSA) is 21.3 Å². The molecule has 2 heteroatoms. The Balaban J connectivity index is 1.59. The second-order valence-corrected chi connectivity index (χ2v) is 5.41. The van der Waals surface area contributed by atoms with Crippen LogP contribution in [-0.4, -0.2) is 13.2 Å². The number of benzene rings is 2. The highest BCUT2D eigenvalue weighted by Crippen LogP contribution is 2.16. The van der Waals surface area contributed by atoms with Gasteiger partial charge >= 0.3 is 0 Å². The van der Waals surface area contributed by atoms with Crippen molar-refractivity contribution in [2.45, 2.75) is 32.7 Å². The molecule has 0 aliphatic heterocycles. The van der Waals surface area contributed by atoms with Crippen LogP contribution >= 0.6 is 0 Å². The summed E-state index contributed by atoms with van der Waals surface area (Å²) in [6.07, 6.45) is 2.20. The molecule has 21 heavy (non-hydrogen) atoms. The van der Waals surface area contributed by atoms with Crippen LogP contribution in [0.15, 0.2) is 54.6 Å². The average Bonchev–Trinajstić information content (AvgIpc) is 2.53. The molecule has 0 aromatic heterocycles. The number of hydrogen-bond donors (Lipinski definition) is 1. The van der Waals surface area contributed by atoms with Gasteiger partial charge in [0.05, 0.1) is 6.61 Å². The summed E-state index contributed by atoms with van der Waals surface area (Å²) >= 11 is 0. The van der Waals surface area contributed by atoms with Crippen LogP contribution < -0.4 is 10.1 Å². The Morgan fingerprint density at radius 2 is 1.67 bits per heavy atom. The third-order valence-corrected chi connectivity index (χ3v) is 3.67. The molecule has 0 spiro atoms. The van der Waals surface area contributed by atoms with E-state index in [0.717, 1.165) is 31.7 Å². The first kappa shape index (κ1) is 15.6. The van der Waals surface area contributed by atoms with Crippen LogP contribution in [0.3, 0.4) is 0 Å². The van der Waals surface area contributed by atoms with Gasteiger partial charge < -0.3 is 10.1 Å². The van der Waals surface area contributed by atoms with Gasteiger partial charge in [-0.1, -0.05) is 48.5 Å². The fraction of sp³-hybridized carbons (Fsp3) is 0.368. The largest absolute Gasteiger partial charge is 0.493 e. The molecular weight excluding hydrogens is 258 g/mol. The lowest BCUT2D eigenvalue weighted by atomic mass is 10.1. The van der Waals surface area contributed by atoms with Crippen molar-refractivity contribution in [3.05, 3.63) is 65.7 Å². The van der Waals surface area contributed by atoms with E-state index in [2.05, 4.69) is 55.6 Å². The van der Waals surface area contributed by atoms with Gasteiger partial charge in [-0.25, -0.2) is 0 Å². The van der Waals surface area contributed by atoms with Gasteiger partial charge in [-0.05, 0) is 50.4 Å². The molecule has 2 nitrogen and oxygen atoms in total. The average molecular weight is 283 g/mol. The van der Waals surface area contributed by atoms with Crippen molar-refractivity contribution >= 4 is 0 Å². The molecule has 2 aromatic carbocycles. The highest BCUT2D eigenvalue weighted by atomic mass is 16.5. The summed E-state index contributed by atoms with van der Waals surface area (Å²) in [7, 11) is 0. The first-order valence-electron chi connectivity index (χ1n) is 7.74. The van der Waals surface area contributed by atoms with E-state index in [0.29, 0.717) is 6.04 Å². The van der Waals surface area contributed by atoms with E-state index >= 15 is 0 Å². The van der Waals surface area contributed by atoms with Crippen molar-refractivity contribution in [1.29, 1.82) is 0 Å². The second-order valence-electron chi connectivity index (χ2n) is 5.41. The number of aryl methyl sites for hydroxylation is 1. The standard InChI is InChI=1S/C19H25NO/c1-16-10-6-7-13-19(16)21-15-9-8-14-20-17(2)18-11-4-3-5-12-18/h3-7,10-13,17,20H,8-9,14-15H2,1-2H3. The van der Waals surface area contributed by atoms with E-state index < -0.39 is 0 Å². The molecule has 0 aliphatic carbocycles. The fourth-order valence-corrected chi connectivity index (χ4v) is 2.31. The lowest BCUT2D eigenvalue weighted by molar-refractivity contribution is 0.303. The zero-order chi connectivity index (χ0) is 14.9. The minimum atomic E-state index is 0.406. The number of para-hydroxylation sites is 1. The third kappa shape index (κ3) is 5.24. The van der Waals surface area contributed by atoms with E-state index in [9.17, 15) is 0 Å². The van der Waals surface area contributed by atoms with Gasteiger partial charge in [0.1, 0.15) is 5.75 Å². The van der Waals surface area contributed by atoms with Gasteiger partial charge in [0.2, 0.25) is 0 Å². The monoisotopic (exact) mass is 283 g/mol. The zero-order valence-corrected chi connectivity index (χ0v) is 13.0. The Kier molecular flexibility index (Phi) is 6.29. The first-order chi connectivity index (χ1) is 10.3. The molecule has 0 bridgehead atoms. The zero-order valence-electron chi connectivity index (χ0n) is 13.0. The Bertz CT molecular complexity index is 524. The maximum atomic E-state index is 5.80. The number of rotatable bonds is 8. The second kappa shape index (κ2) is 8.48. The predicted molar refractivity (Wildman–Crippen MR) is 88.8 cm³/mol. The Labute approximate surface area is 128 Å². The van der Waals surface area contributed by atoms with Gasteiger partial charge in [-0.3, -0.25) is 0 Å². The van der Waals surface area contributed by atoms with Gasteiger partial charge in [-0.2, -0.15) is 0 Å². The van der Waals surface area contributed by atoms with Gasteiger partial charge in [0.25, 0.3) is 0 Å². The quantitative estimate of drug-likeness (QED) is 0.720. The predicted octanol–water partition coefficient (Wildman–Crippen LogP) is 4.50. The maximum absolute atomic E-state index is 5.80. The number of ether oxygens (including phenoxy) is 1. The first-order valence-corrected chi connectivity index (χ1v) is 7.74. The van der Waals surface area contributed by atoms with Crippen LogP contribution in [0.1, 0.15) is 36.9 Å². The molecule has 0 saturated heterocycles. The minimum absolute atomic E-state index is 0.406. The van der Waals surface area contributed by atoms with Crippen molar-refractivity contribution in [3.8, 4) is 5.75 Å². The van der Waals surface area contributed by atoms with Gasteiger partial charge in [0, 0.05) is 6.04 Å². The van der Waals surface area contributed by atoms with Gasteiger partial charge in [0.15, 0.2) is 0 Å². The van der Waals surface area contributed by atoms with Crippen molar-refractivity contribution in [1.82, 2.24) is 5.32 Å². The van der Waals surface area contributed by atoms with Crippen LogP contribution in [0.5, 0.6) is 5.75 Å². The molecule has 0 amide bonds. The van der Waals surface area contributed by atoms with Crippen molar-refractivity contribution in [3.63, 3.8) is 0 Å². The van der Waals surface area contributed by atoms with Crippen molar-refractivity contribution in [2.75, 3.05) is 13.2 Å². The van der Waals surface area contributed by atoms with Crippen molar-refractivity contribution in [2.24, 2.45) is 0 Å². The molecule has 1 N–H and O–H groups in total. The molecule has 0 saturated carbocycles. The fourth-order valence-electron chi connectivity index (χ4n) is 2.31. The highest BCUT2D eigenvalue weighted by molar-refractivity contribution is 5.31. The van der Waals surface area contributed by atoms with Crippen LogP contribution in [-0.2, 0) is 0 Å². The molecule has 0 radical (unpaired) electrons. The summed E-state index contributed by atoms with van der Waals surface area (Å²) in [5, 5.41) is 3.55. The molecule has 1 atom stereocenters. The number of unbranched alkanes of at least 4 members (excludes halogenated alkanes) is 1.